The number of amides is 1. The van der Waals surface area contributed by atoms with Crippen LogP contribution in [-0.4, -0.2) is 28.8 Å². The number of benzene rings is 3. The average molecular weight is 430 g/mol. The number of carbonyl (C=O) groups is 2. The summed E-state index contributed by atoms with van der Waals surface area (Å²) in [7, 11) is 1.47. The predicted octanol–water partition coefficient (Wildman–Crippen LogP) is 4.23. The summed E-state index contributed by atoms with van der Waals surface area (Å²) in [6.45, 7) is 0. The standard InChI is InChI=1S/C24H18N2O6/c1-32-19-12-6-10-17(14-19)25-21(16-9-5-11-18(13-16)26(30)31)20(23(28)24(25)29)22(27)15-7-3-2-4-8-15/h2-14,21,27H,1H3/b22-20+/t21-/m1/s1. The molecule has 0 aliphatic carbocycles. The van der Waals surface area contributed by atoms with Crippen molar-refractivity contribution in [1.29, 1.82) is 0 Å². The molecule has 1 aliphatic heterocycles. The summed E-state index contributed by atoms with van der Waals surface area (Å²) >= 11 is 0. The molecule has 0 unspecified atom stereocenters. The van der Waals surface area contributed by atoms with E-state index >= 15 is 0 Å². The third-order valence-corrected chi connectivity index (χ3v) is 5.22. The fraction of sp³-hybridized carbons (Fsp3) is 0.0833. The van der Waals surface area contributed by atoms with Crippen LogP contribution in [0.15, 0.2) is 84.4 Å². The smallest absolute Gasteiger partial charge is 0.300 e. The van der Waals surface area contributed by atoms with E-state index in [0.717, 1.165) is 0 Å². The Morgan fingerprint density at radius 1 is 1.00 bits per heavy atom. The SMILES string of the molecule is COc1cccc(N2C(=O)C(=O)/C(=C(/O)c3ccccc3)[C@H]2c2cccc([N+](=O)[O-])c2)c1. The van der Waals surface area contributed by atoms with Gasteiger partial charge in [-0.2, -0.15) is 0 Å². The zero-order chi connectivity index (χ0) is 22.8. The largest absolute Gasteiger partial charge is 0.507 e. The van der Waals surface area contributed by atoms with E-state index in [2.05, 4.69) is 0 Å². The van der Waals surface area contributed by atoms with Gasteiger partial charge in [0, 0.05) is 29.4 Å². The minimum atomic E-state index is -1.07. The van der Waals surface area contributed by atoms with Gasteiger partial charge >= 0.3 is 0 Å². The zero-order valence-corrected chi connectivity index (χ0v) is 17.0. The van der Waals surface area contributed by atoms with E-state index in [0.29, 0.717) is 22.6 Å². The molecule has 1 heterocycles. The Bertz CT molecular complexity index is 1250. The molecule has 3 aromatic rings. The van der Waals surface area contributed by atoms with Gasteiger partial charge in [0.05, 0.1) is 23.6 Å². The van der Waals surface area contributed by atoms with Crippen molar-refractivity contribution in [2.45, 2.75) is 6.04 Å². The molecule has 0 radical (unpaired) electrons. The molecule has 1 fully saturated rings. The van der Waals surface area contributed by atoms with Gasteiger partial charge in [0.15, 0.2) is 0 Å². The highest BCUT2D eigenvalue weighted by atomic mass is 16.6. The van der Waals surface area contributed by atoms with Crippen LogP contribution in [0.25, 0.3) is 5.76 Å². The summed E-state index contributed by atoms with van der Waals surface area (Å²) in [5.74, 6) is -1.63. The molecular formula is C24H18N2O6. The number of ether oxygens (including phenoxy) is 1. The van der Waals surface area contributed by atoms with Crippen molar-refractivity contribution >= 4 is 28.8 Å². The van der Waals surface area contributed by atoms with E-state index < -0.39 is 22.7 Å². The number of methoxy groups -OCH3 is 1. The topological polar surface area (TPSA) is 110 Å². The van der Waals surface area contributed by atoms with E-state index in [1.54, 1.807) is 60.7 Å². The molecule has 4 rings (SSSR count). The molecule has 0 saturated carbocycles. The number of nitro benzene ring substituents is 1. The second kappa shape index (κ2) is 8.35. The molecule has 1 saturated heterocycles. The van der Waals surface area contributed by atoms with Crippen molar-refractivity contribution in [3.8, 4) is 5.75 Å². The number of rotatable bonds is 5. The maximum atomic E-state index is 13.1. The van der Waals surface area contributed by atoms with Crippen molar-refractivity contribution in [2.24, 2.45) is 0 Å². The molecule has 160 valence electrons. The molecule has 3 aromatic carbocycles. The van der Waals surface area contributed by atoms with E-state index in [-0.39, 0.29) is 17.0 Å². The molecule has 1 N–H and O–H groups in total. The first-order valence-electron chi connectivity index (χ1n) is 9.67. The highest BCUT2D eigenvalue weighted by Gasteiger charge is 2.47. The maximum Gasteiger partial charge on any atom is 0.300 e. The Balaban J connectivity index is 1.97. The number of hydrogen-bond donors (Lipinski definition) is 1. The van der Waals surface area contributed by atoms with Crippen molar-refractivity contribution < 1.29 is 24.4 Å². The molecule has 0 spiro atoms. The number of aliphatic hydroxyl groups excluding tert-OH is 1. The highest BCUT2D eigenvalue weighted by Crippen LogP contribution is 2.43. The molecule has 0 aromatic heterocycles. The first-order valence-corrected chi connectivity index (χ1v) is 9.67. The van der Waals surface area contributed by atoms with Crippen LogP contribution >= 0.6 is 0 Å². The number of nitro groups is 1. The van der Waals surface area contributed by atoms with Gasteiger partial charge in [-0.15, -0.1) is 0 Å². The normalized spacial score (nSPS) is 17.4. The first kappa shape index (κ1) is 20.8. The third kappa shape index (κ3) is 3.58. The van der Waals surface area contributed by atoms with Crippen LogP contribution in [0, 0.1) is 10.1 Å². The lowest BCUT2D eigenvalue weighted by Crippen LogP contribution is -2.29. The van der Waals surface area contributed by atoms with Crippen LogP contribution in [0.2, 0.25) is 0 Å². The van der Waals surface area contributed by atoms with E-state index in [4.69, 9.17) is 4.74 Å². The summed E-state index contributed by atoms with van der Waals surface area (Å²) in [4.78, 5) is 38.2. The van der Waals surface area contributed by atoms with Gasteiger partial charge in [-0.1, -0.05) is 48.5 Å². The van der Waals surface area contributed by atoms with Gasteiger partial charge in [-0.3, -0.25) is 24.6 Å². The lowest BCUT2D eigenvalue weighted by atomic mass is 9.95. The van der Waals surface area contributed by atoms with Crippen molar-refractivity contribution in [2.75, 3.05) is 12.0 Å². The van der Waals surface area contributed by atoms with E-state index in [9.17, 15) is 24.8 Å². The fourth-order valence-electron chi connectivity index (χ4n) is 3.73. The van der Waals surface area contributed by atoms with Gasteiger partial charge in [0.2, 0.25) is 0 Å². The highest BCUT2D eigenvalue weighted by molar-refractivity contribution is 6.51. The van der Waals surface area contributed by atoms with Gasteiger partial charge in [-0.05, 0) is 17.7 Å². The van der Waals surface area contributed by atoms with Crippen LogP contribution in [0.3, 0.4) is 0 Å². The zero-order valence-electron chi connectivity index (χ0n) is 17.0. The Morgan fingerprint density at radius 2 is 1.72 bits per heavy atom. The summed E-state index contributed by atoms with van der Waals surface area (Å²) in [6.07, 6.45) is 0. The van der Waals surface area contributed by atoms with Gasteiger partial charge in [0.1, 0.15) is 11.5 Å². The summed E-state index contributed by atoms with van der Waals surface area (Å²) in [5, 5.41) is 22.4. The Kier molecular flexibility index (Phi) is 5.43. The third-order valence-electron chi connectivity index (χ3n) is 5.22. The molecule has 32 heavy (non-hydrogen) atoms. The van der Waals surface area contributed by atoms with E-state index in [1.807, 2.05) is 0 Å². The number of non-ortho nitro benzene ring substituents is 1. The molecule has 8 nitrogen and oxygen atoms in total. The van der Waals surface area contributed by atoms with Crippen molar-refractivity contribution in [3.05, 3.63) is 106 Å². The molecular weight excluding hydrogens is 412 g/mol. The number of anilines is 1. The Hall–Kier alpha value is -4.46. The number of nitrogens with zero attached hydrogens (tertiary/aromatic N) is 2. The number of aliphatic hydroxyl groups is 1. The van der Waals surface area contributed by atoms with Gasteiger partial charge < -0.3 is 9.84 Å². The monoisotopic (exact) mass is 430 g/mol. The maximum absolute atomic E-state index is 13.1. The molecule has 8 heteroatoms. The molecule has 1 atom stereocenters. The summed E-state index contributed by atoms with van der Waals surface area (Å²) < 4.78 is 5.24. The minimum Gasteiger partial charge on any atom is -0.507 e. The summed E-state index contributed by atoms with van der Waals surface area (Å²) in [6, 6.07) is 19.5. The Morgan fingerprint density at radius 3 is 2.41 bits per heavy atom. The van der Waals surface area contributed by atoms with Crippen molar-refractivity contribution in [3.63, 3.8) is 0 Å². The van der Waals surface area contributed by atoms with Crippen LogP contribution in [0.1, 0.15) is 17.2 Å². The lowest BCUT2D eigenvalue weighted by Gasteiger charge is -2.25. The molecule has 1 amide bonds. The minimum absolute atomic E-state index is 0.149. The van der Waals surface area contributed by atoms with E-state index in [1.165, 1.54) is 30.2 Å². The number of carbonyl (C=O) groups excluding carboxylic acids is 2. The van der Waals surface area contributed by atoms with Crippen LogP contribution < -0.4 is 9.64 Å². The second-order valence-corrected chi connectivity index (χ2v) is 7.09. The molecule has 0 bridgehead atoms. The quantitative estimate of drug-likeness (QED) is 0.213. The number of hydrogen-bond acceptors (Lipinski definition) is 6. The molecule has 1 aliphatic rings. The van der Waals surface area contributed by atoms with Gasteiger partial charge in [-0.25, -0.2) is 0 Å². The Labute approximate surface area is 183 Å². The predicted molar refractivity (Wildman–Crippen MR) is 117 cm³/mol. The fourth-order valence-corrected chi connectivity index (χ4v) is 3.73. The number of ketones is 1. The number of Topliss-reactive ketones (excluding diaryl/α,β-unsaturated/α-hetero) is 1. The van der Waals surface area contributed by atoms with Crippen molar-refractivity contribution in [1.82, 2.24) is 0 Å². The van der Waals surface area contributed by atoms with Crippen LogP contribution in [-0.2, 0) is 9.59 Å². The summed E-state index contributed by atoms with van der Waals surface area (Å²) in [5.41, 5.74) is 0.684. The first-order chi connectivity index (χ1) is 15.4. The van der Waals surface area contributed by atoms with Gasteiger partial charge in [0.25, 0.3) is 17.4 Å². The average Bonchev–Trinajstić information content (AvgIpc) is 3.09. The second-order valence-electron chi connectivity index (χ2n) is 7.09. The van der Waals surface area contributed by atoms with Crippen LogP contribution in [0.4, 0.5) is 11.4 Å². The van der Waals surface area contributed by atoms with Crippen LogP contribution in [0.5, 0.6) is 5.75 Å². The lowest BCUT2D eigenvalue weighted by molar-refractivity contribution is -0.384.